The molecule has 1 fully saturated rings. The Morgan fingerprint density at radius 3 is 2.55 bits per heavy atom. The Balaban J connectivity index is 2.67. The normalized spacial score (nSPS) is 23.2. The Labute approximate surface area is 69.3 Å². The molecule has 0 aromatic carbocycles. The van der Waals surface area contributed by atoms with E-state index in [1.54, 1.807) is 0 Å². The molecule has 0 aromatic rings. The van der Waals surface area contributed by atoms with Gasteiger partial charge in [-0.05, 0) is 0 Å². The van der Waals surface area contributed by atoms with E-state index >= 15 is 0 Å². The molecule has 0 N–H and O–H groups in total. The Hall–Kier alpha value is -0.400. The molecule has 1 unspecified atom stereocenters. The summed E-state index contributed by atoms with van der Waals surface area (Å²) in [5, 5.41) is 0. The molecule has 1 rings (SSSR count). The molecule has 0 spiro atoms. The second-order valence-electron chi connectivity index (χ2n) is 2.95. The maximum Gasteiger partial charge on any atom is 0.175 e. The molecular formula is C7H13N2OP. The number of carbonyl (C=O) groups is 1. The molecule has 1 aliphatic rings. The third-order valence-electron chi connectivity index (χ3n) is 1.49. The van der Waals surface area contributed by atoms with Crippen LogP contribution in [0.15, 0.2) is 11.8 Å². The van der Waals surface area contributed by atoms with Gasteiger partial charge in [-0.1, -0.05) is 9.39 Å². The van der Waals surface area contributed by atoms with Crippen LogP contribution in [0.5, 0.6) is 0 Å². The summed E-state index contributed by atoms with van der Waals surface area (Å²) >= 11 is 0. The number of nitrogens with zero attached hydrogens (tertiary/aromatic N) is 2. The Morgan fingerprint density at radius 2 is 2.18 bits per heavy atom. The van der Waals surface area contributed by atoms with Crippen LogP contribution in [0.2, 0.25) is 0 Å². The van der Waals surface area contributed by atoms with Gasteiger partial charge < -0.3 is 4.90 Å². The molecular weight excluding hydrogens is 159 g/mol. The van der Waals surface area contributed by atoms with Crippen molar-refractivity contribution in [1.82, 2.24) is 9.57 Å². The van der Waals surface area contributed by atoms with Gasteiger partial charge in [0.05, 0.1) is 6.54 Å². The van der Waals surface area contributed by atoms with Crippen LogP contribution < -0.4 is 0 Å². The molecule has 0 radical (unpaired) electrons. The van der Waals surface area contributed by atoms with E-state index < -0.39 is 0 Å². The molecule has 11 heavy (non-hydrogen) atoms. The van der Waals surface area contributed by atoms with E-state index in [0.717, 1.165) is 12.1 Å². The SMILES string of the molecule is CN(C)/C=C1/CN(P)CC1=O. The summed E-state index contributed by atoms with van der Waals surface area (Å²) in [6.45, 7) is 1.28. The fourth-order valence-electron chi connectivity index (χ4n) is 1.07. The van der Waals surface area contributed by atoms with E-state index in [2.05, 4.69) is 9.39 Å². The van der Waals surface area contributed by atoms with E-state index in [0.29, 0.717) is 6.54 Å². The van der Waals surface area contributed by atoms with Crippen LogP contribution >= 0.6 is 9.39 Å². The summed E-state index contributed by atoms with van der Waals surface area (Å²) in [6.07, 6.45) is 1.88. The number of rotatable bonds is 1. The van der Waals surface area contributed by atoms with Crippen LogP contribution in [-0.4, -0.2) is 42.5 Å². The molecule has 62 valence electrons. The van der Waals surface area contributed by atoms with E-state index in [9.17, 15) is 4.79 Å². The first-order valence-corrected chi connectivity index (χ1v) is 4.01. The summed E-state index contributed by atoms with van der Waals surface area (Å²) in [5.41, 5.74) is 0.894. The molecule has 0 saturated carbocycles. The van der Waals surface area contributed by atoms with Gasteiger partial charge >= 0.3 is 0 Å². The highest BCUT2D eigenvalue weighted by atomic mass is 31.0. The van der Waals surface area contributed by atoms with E-state index in [-0.39, 0.29) is 5.78 Å². The third-order valence-corrected chi connectivity index (χ3v) is 1.86. The third kappa shape index (κ3) is 2.28. The lowest BCUT2D eigenvalue weighted by Crippen LogP contribution is -2.07. The summed E-state index contributed by atoms with van der Waals surface area (Å²) in [5.74, 6) is 0.230. The van der Waals surface area contributed by atoms with Crippen LogP contribution in [0, 0.1) is 0 Å². The molecule has 4 heteroatoms. The van der Waals surface area contributed by atoms with Crippen LogP contribution in [0.1, 0.15) is 0 Å². The Kier molecular flexibility index (Phi) is 2.63. The lowest BCUT2D eigenvalue weighted by Gasteiger charge is -2.05. The average Bonchev–Trinajstić information content (AvgIpc) is 2.09. The number of Topliss-reactive ketones (excluding diaryl/α,β-unsaturated/α-hetero) is 1. The van der Waals surface area contributed by atoms with Crippen molar-refractivity contribution in [2.45, 2.75) is 0 Å². The van der Waals surface area contributed by atoms with Gasteiger partial charge in [-0.15, -0.1) is 0 Å². The first kappa shape index (κ1) is 8.69. The predicted octanol–water partition coefficient (Wildman–Crippen LogP) is 0.107. The fraction of sp³-hybridized carbons (Fsp3) is 0.571. The van der Waals surface area contributed by atoms with E-state index in [1.165, 1.54) is 0 Å². The van der Waals surface area contributed by atoms with Gasteiger partial charge in [0.25, 0.3) is 0 Å². The van der Waals surface area contributed by atoms with Crippen LogP contribution in [0.4, 0.5) is 0 Å². The van der Waals surface area contributed by atoms with Crippen molar-refractivity contribution in [2.75, 3.05) is 27.2 Å². The van der Waals surface area contributed by atoms with E-state index in [1.807, 2.05) is 29.9 Å². The zero-order valence-corrected chi connectivity index (χ0v) is 8.03. The van der Waals surface area contributed by atoms with Gasteiger partial charge in [-0.2, -0.15) is 0 Å². The summed E-state index contributed by atoms with van der Waals surface area (Å²) in [7, 11) is 6.38. The monoisotopic (exact) mass is 172 g/mol. The zero-order chi connectivity index (χ0) is 8.43. The van der Waals surface area contributed by atoms with Gasteiger partial charge in [-0.3, -0.25) is 9.46 Å². The minimum absolute atomic E-state index is 0.230. The number of hydrogen-bond acceptors (Lipinski definition) is 3. The Morgan fingerprint density at radius 1 is 1.55 bits per heavy atom. The second kappa shape index (κ2) is 3.33. The van der Waals surface area contributed by atoms with Crippen molar-refractivity contribution >= 4 is 15.2 Å². The maximum absolute atomic E-state index is 11.2. The van der Waals surface area contributed by atoms with Crippen molar-refractivity contribution in [1.29, 1.82) is 0 Å². The van der Waals surface area contributed by atoms with Gasteiger partial charge in [0.1, 0.15) is 0 Å². The predicted molar refractivity (Wildman–Crippen MR) is 48.1 cm³/mol. The quantitative estimate of drug-likeness (QED) is 0.414. The highest BCUT2D eigenvalue weighted by Gasteiger charge is 2.21. The number of hydrogen-bond donors (Lipinski definition) is 0. The lowest BCUT2D eigenvalue weighted by molar-refractivity contribution is -0.114. The molecule has 0 amide bonds. The van der Waals surface area contributed by atoms with Crippen LogP contribution in [0.25, 0.3) is 0 Å². The molecule has 0 aliphatic carbocycles. The number of carbonyl (C=O) groups excluding carboxylic acids is 1. The Bertz CT molecular complexity index is 201. The fourth-order valence-corrected chi connectivity index (χ4v) is 1.44. The highest BCUT2D eigenvalue weighted by Crippen LogP contribution is 2.14. The zero-order valence-electron chi connectivity index (χ0n) is 6.87. The largest absolute Gasteiger partial charge is 0.383 e. The van der Waals surface area contributed by atoms with E-state index in [4.69, 9.17) is 0 Å². The van der Waals surface area contributed by atoms with Gasteiger partial charge in [0, 0.05) is 32.4 Å². The molecule has 1 saturated heterocycles. The van der Waals surface area contributed by atoms with Crippen molar-refractivity contribution in [3.8, 4) is 0 Å². The molecule has 0 bridgehead atoms. The van der Waals surface area contributed by atoms with Gasteiger partial charge in [0.15, 0.2) is 5.78 Å². The maximum atomic E-state index is 11.2. The van der Waals surface area contributed by atoms with Gasteiger partial charge in [-0.25, -0.2) is 0 Å². The average molecular weight is 172 g/mol. The van der Waals surface area contributed by atoms with Crippen LogP contribution in [-0.2, 0) is 4.79 Å². The highest BCUT2D eigenvalue weighted by molar-refractivity contribution is 7.13. The lowest BCUT2D eigenvalue weighted by atomic mass is 10.2. The van der Waals surface area contributed by atoms with Crippen molar-refractivity contribution in [3.63, 3.8) is 0 Å². The molecule has 1 aliphatic heterocycles. The summed E-state index contributed by atoms with van der Waals surface area (Å²) < 4.78 is 1.93. The van der Waals surface area contributed by atoms with Crippen molar-refractivity contribution in [3.05, 3.63) is 11.8 Å². The first-order valence-electron chi connectivity index (χ1n) is 3.49. The molecule has 1 heterocycles. The van der Waals surface area contributed by atoms with Gasteiger partial charge in [0.2, 0.25) is 0 Å². The van der Waals surface area contributed by atoms with Crippen LogP contribution in [0.3, 0.4) is 0 Å². The molecule has 0 aromatic heterocycles. The molecule has 1 atom stereocenters. The van der Waals surface area contributed by atoms with Crippen molar-refractivity contribution < 1.29 is 4.79 Å². The topological polar surface area (TPSA) is 23.6 Å². The standard InChI is InChI=1S/C7H13N2OP/c1-8(2)3-6-4-9(11)5-7(6)10/h3H,4-5,11H2,1-2H3/b6-3-. The summed E-state index contributed by atoms with van der Waals surface area (Å²) in [6, 6.07) is 0. The minimum atomic E-state index is 0.230. The second-order valence-corrected chi connectivity index (χ2v) is 3.68. The number of ketones is 1. The first-order chi connectivity index (χ1) is 5.09. The minimum Gasteiger partial charge on any atom is -0.383 e. The molecule has 3 nitrogen and oxygen atoms in total. The van der Waals surface area contributed by atoms with Crippen molar-refractivity contribution in [2.24, 2.45) is 0 Å². The smallest absolute Gasteiger partial charge is 0.175 e. The summed E-state index contributed by atoms with van der Waals surface area (Å²) in [4.78, 5) is 13.1.